The van der Waals surface area contributed by atoms with Crippen molar-refractivity contribution in [1.29, 1.82) is 0 Å². The summed E-state index contributed by atoms with van der Waals surface area (Å²) < 4.78 is 10.4. The molecular formula is C28H32N2O6. The van der Waals surface area contributed by atoms with E-state index in [1.165, 1.54) is 0 Å². The van der Waals surface area contributed by atoms with Crippen LogP contribution in [-0.2, 0) is 22.5 Å². The number of esters is 2. The van der Waals surface area contributed by atoms with Crippen LogP contribution in [0.2, 0.25) is 0 Å². The highest BCUT2D eigenvalue weighted by Gasteiger charge is 2.44. The molecular weight excluding hydrogens is 460 g/mol. The molecule has 190 valence electrons. The van der Waals surface area contributed by atoms with Crippen LogP contribution in [0.15, 0.2) is 30.3 Å². The highest BCUT2D eigenvalue weighted by molar-refractivity contribution is 5.94. The van der Waals surface area contributed by atoms with E-state index in [0.717, 1.165) is 47.3 Å². The van der Waals surface area contributed by atoms with E-state index in [2.05, 4.69) is 9.80 Å². The molecule has 0 saturated carbocycles. The lowest BCUT2D eigenvalue weighted by Gasteiger charge is -2.36. The molecule has 2 fully saturated rings. The van der Waals surface area contributed by atoms with Gasteiger partial charge in [-0.15, -0.1) is 0 Å². The summed E-state index contributed by atoms with van der Waals surface area (Å²) in [4.78, 5) is 28.6. The molecule has 4 aliphatic heterocycles. The van der Waals surface area contributed by atoms with Crippen LogP contribution in [0.25, 0.3) is 0 Å². The third-order valence-corrected chi connectivity index (χ3v) is 8.40. The first-order valence-corrected chi connectivity index (χ1v) is 12.8. The van der Waals surface area contributed by atoms with E-state index in [1.807, 2.05) is 32.0 Å². The molecule has 0 amide bonds. The third kappa shape index (κ3) is 4.02. The van der Waals surface area contributed by atoms with Crippen molar-refractivity contribution in [2.45, 2.75) is 63.7 Å². The predicted molar refractivity (Wildman–Crippen MR) is 131 cm³/mol. The first-order chi connectivity index (χ1) is 17.3. The maximum atomic E-state index is 12.1. The molecule has 4 aliphatic rings. The molecule has 0 aliphatic carbocycles. The number of ether oxygens (including phenoxy) is 2. The van der Waals surface area contributed by atoms with Crippen molar-refractivity contribution < 1.29 is 29.3 Å². The van der Waals surface area contributed by atoms with E-state index in [4.69, 9.17) is 9.47 Å². The van der Waals surface area contributed by atoms with Gasteiger partial charge < -0.3 is 19.7 Å². The van der Waals surface area contributed by atoms with E-state index in [-0.39, 0.29) is 24.6 Å². The normalized spacial score (nSPS) is 26.9. The van der Waals surface area contributed by atoms with Crippen molar-refractivity contribution in [2.24, 2.45) is 0 Å². The molecule has 2 aromatic carbocycles. The Labute approximate surface area is 210 Å². The van der Waals surface area contributed by atoms with Gasteiger partial charge in [0.15, 0.2) is 0 Å². The van der Waals surface area contributed by atoms with Gasteiger partial charge in [0.25, 0.3) is 0 Å². The third-order valence-electron chi connectivity index (χ3n) is 8.40. The van der Waals surface area contributed by atoms with Gasteiger partial charge in [-0.05, 0) is 54.7 Å². The quantitative estimate of drug-likeness (QED) is 0.593. The zero-order valence-electron chi connectivity index (χ0n) is 20.6. The molecule has 8 heteroatoms. The lowest BCUT2D eigenvalue weighted by molar-refractivity contribution is 0.0299. The van der Waals surface area contributed by atoms with E-state index < -0.39 is 12.2 Å². The van der Waals surface area contributed by atoms with Crippen LogP contribution in [0.3, 0.4) is 0 Å². The van der Waals surface area contributed by atoms with Crippen LogP contribution in [0.5, 0.6) is 0 Å². The Hall–Kier alpha value is -2.78. The Morgan fingerprint density at radius 3 is 2.39 bits per heavy atom. The largest absolute Gasteiger partial charge is 0.459 e. The van der Waals surface area contributed by atoms with Crippen LogP contribution < -0.4 is 0 Å². The van der Waals surface area contributed by atoms with Gasteiger partial charge in [0.05, 0.1) is 23.3 Å². The number of hydrogen-bond acceptors (Lipinski definition) is 8. The number of aliphatic hydroxyl groups is 2. The Balaban J connectivity index is 1.07. The average Bonchev–Trinajstić information content (AvgIpc) is 3.53. The second-order valence-electron chi connectivity index (χ2n) is 10.7. The van der Waals surface area contributed by atoms with Crippen molar-refractivity contribution >= 4 is 11.9 Å². The first-order valence-electron chi connectivity index (χ1n) is 12.8. The number of fused-ring (bicyclic) bond motifs is 4. The predicted octanol–water partition coefficient (Wildman–Crippen LogP) is 2.29. The fourth-order valence-electron chi connectivity index (χ4n) is 6.44. The number of piperazine rings is 1. The molecule has 0 radical (unpaired) electrons. The fourth-order valence-corrected chi connectivity index (χ4v) is 6.44. The van der Waals surface area contributed by atoms with Crippen LogP contribution in [-0.4, -0.2) is 76.3 Å². The van der Waals surface area contributed by atoms with E-state index in [9.17, 15) is 19.8 Å². The summed E-state index contributed by atoms with van der Waals surface area (Å²) in [6.07, 6.45) is 0.290. The van der Waals surface area contributed by atoms with Crippen molar-refractivity contribution in [3.8, 4) is 0 Å². The minimum Gasteiger partial charge on any atom is -0.459 e. The second-order valence-corrected chi connectivity index (χ2v) is 10.7. The van der Waals surface area contributed by atoms with Gasteiger partial charge in [0, 0.05) is 50.2 Å². The Bertz CT molecular complexity index is 1230. The lowest BCUT2D eigenvalue weighted by Crippen LogP contribution is -2.48. The number of hydrogen-bond donors (Lipinski definition) is 2. The molecule has 5 atom stereocenters. The summed E-state index contributed by atoms with van der Waals surface area (Å²) in [6, 6.07) is 9.85. The van der Waals surface area contributed by atoms with Crippen molar-refractivity contribution in [3.63, 3.8) is 0 Å². The number of carbonyl (C=O) groups excluding carboxylic acids is 2. The van der Waals surface area contributed by atoms with Gasteiger partial charge in [-0.1, -0.05) is 18.2 Å². The Morgan fingerprint density at radius 1 is 0.972 bits per heavy atom. The zero-order chi connectivity index (χ0) is 25.1. The number of carbonyl (C=O) groups is 2. The van der Waals surface area contributed by atoms with Crippen LogP contribution >= 0.6 is 0 Å². The summed E-state index contributed by atoms with van der Waals surface area (Å²) >= 11 is 0. The molecule has 36 heavy (non-hydrogen) atoms. The highest BCUT2D eigenvalue weighted by atomic mass is 16.5. The summed E-state index contributed by atoms with van der Waals surface area (Å²) in [5.74, 6) is -0.582. The summed E-state index contributed by atoms with van der Waals surface area (Å²) in [6.45, 7) is 6.92. The average molecular weight is 493 g/mol. The molecule has 2 saturated heterocycles. The number of aliphatic hydroxyl groups excluding tert-OH is 2. The van der Waals surface area contributed by atoms with Gasteiger partial charge in [0.1, 0.15) is 12.7 Å². The molecule has 2 N–H and O–H groups in total. The summed E-state index contributed by atoms with van der Waals surface area (Å²) in [5.41, 5.74) is 5.65. The summed E-state index contributed by atoms with van der Waals surface area (Å²) in [5, 5.41) is 22.0. The molecule has 2 aromatic rings. The van der Waals surface area contributed by atoms with Crippen LogP contribution in [0, 0.1) is 6.92 Å². The minimum absolute atomic E-state index is 0.149. The number of cyclic esters (lactones) is 2. The number of nitrogens with zero attached hydrogens (tertiary/aromatic N) is 2. The van der Waals surface area contributed by atoms with E-state index >= 15 is 0 Å². The zero-order valence-corrected chi connectivity index (χ0v) is 20.6. The fraction of sp³-hybridized carbons (Fsp3) is 0.500. The van der Waals surface area contributed by atoms with E-state index in [1.54, 1.807) is 12.1 Å². The van der Waals surface area contributed by atoms with Gasteiger partial charge in [-0.2, -0.15) is 0 Å². The number of β-amino-alcohol motifs (C(OH)–C–C–N with tert-alkyl or cyclic N) is 2. The number of rotatable bonds is 6. The van der Waals surface area contributed by atoms with Gasteiger partial charge in [-0.3, -0.25) is 9.80 Å². The SMILES string of the molecule is Cc1c([C@@H](O)CN2C[C@H]3C[C@@H]2CN3C[C@H](O)c2ccc3c(c2)C[C@H](C)OC3=O)ccc2c1COC2=O. The molecule has 0 aromatic heterocycles. The first kappa shape index (κ1) is 23.6. The number of likely N-dealkylation sites (tertiary alicyclic amines) is 2. The van der Waals surface area contributed by atoms with Gasteiger partial charge in [0.2, 0.25) is 0 Å². The monoisotopic (exact) mass is 492 g/mol. The molecule has 4 heterocycles. The minimum atomic E-state index is -0.631. The van der Waals surface area contributed by atoms with Crippen LogP contribution in [0.1, 0.15) is 74.1 Å². The maximum absolute atomic E-state index is 12.1. The Morgan fingerprint density at radius 2 is 1.67 bits per heavy atom. The van der Waals surface area contributed by atoms with Crippen molar-refractivity contribution in [1.82, 2.24) is 9.80 Å². The smallest absolute Gasteiger partial charge is 0.338 e. The standard InChI is InChI=1S/C28H32N2O6/c1-15-7-18-8-17(3-4-22(18)28(34)36-15)25(31)12-29-10-20-9-19(29)11-30(20)13-26(32)21-5-6-23-24(16(21)2)14-35-27(23)33/h3-6,8,15,19-20,25-26,31-32H,7,9-14H2,1-2H3/t15-,19+,20+,25-,26-/m0/s1. The maximum Gasteiger partial charge on any atom is 0.338 e. The molecule has 6 rings (SSSR count). The lowest BCUT2D eigenvalue weighted by atomic mass is 9.95. The van der Waals surface area contributed by atoms with Crippen molar-refractivity contribution in [3.05, 3.63) is 69.3 Å². The van der Waals surface area contributed by atoms with E-state index in [0.29, 0.717) is 42.7 Å². The summed E-state index contributed by atoms with van der Waals surface area (Å²) in [7, 11) is 0. The topological polar surface area (TPSA) is 99.5 Å². The number of benzene rings is 2. The highest BCUT2D eigenvalue weighted by Crippen LogP contribution is 2.35. The molecule has 8 nitrogen and oxygen atoms in total. The van der Waals surface area contributed by atoms with Crippen LogP contribution in [0.4, 0.5) is 0 Å². The Kier molecular flexibility index (Phi) is 5.87. The molecule has 0 unspecified atom stereocenters. The van der Waals surface area contributed by atoms with Crippen molar-refractivity contribution in [2.75, 3.05) is 26.2 Å². The molecule has 0 spiro atoms. The van der Waals surface area contributed by atoms with Gasteiger partial charge in [-0.25, -0.2) is 9.59 Å². The van der Waals surface area contributed by atoms with Gasteiger partial charge >= 0.3 is 11.9 Å². The molecule has 2 bridgehead atoms. The second kappa shape index (κ2) is 8.95.